The molecule has 0 aliphatic carbocycles. The summed E-state index contributed by atoms with van der Waals surface area (Å²) in [6, 6.07) is 0. The van der Waals surface area contributed by atoms with Gasteiger partial charge in [0.05, 0.1) is 0 Å². The molecule has 2 heteroatoms. The lowest BCUT2D eigenvalue weighted by atomic mass is 10.3. The van der Waals surface area contributed by atoms with E-state index in [2.05, 4.69) is 44.9 Å². The maximum absolute atomic E-state index is 3.40. The van der Waals surface area contributed by atoms with Crippen LogP contribution in [0.2, 0.25) is 0 Å². The molecule has 0 aromatic carbocycles. The van der Waals surface area contributed by atoms with Crippen LogP contribution in [0.1, 0.15) is 13.3 Å². The predicted octanol–water partition coefficient (Wildman–Crippen LogP) is 3.07. The van der Waals surface area contributed by atoms with Gasteiger partial charge in [-0.3, -0.25) is 0 Å². The molecular formula is C5H8Br2. The molecule has 0 fully saturated rings. The lowest BCUT2D eigenvalue weighted by molar-refractivity contribution is 1.00. The second-order valence-electron chi connectivity index (χ2n) is 1.38. The van der Waals surface area contributed by atoms with Gasteiger partial charge in [-0.25, -0.2) is 0 Å². The molecule has 0 bridgehead atoms. The molecule has 0 rings (SSSR count). The normalized spacial score (nSPS) is 15.3. The molecule has 0 saturated carbocycles. The van der Waals surface area contributed by atoms with Gasteiger partial charge in [-0.15, -0.1) is 0 Å². The zero-order valence-corrected chi connectivity index (χ0v) is 7.37. The smallest absolute Gasteiger partial charge is 0.0152 e. The molecule has 1 unspecified atom stereocenters. The molecule has 0 spiro atoms. The van der Waals surface area contributed by atoms with Crippen molar-refractivity contribution < 1.29 is 0 Å². The van der Waals surface area contributed by atoms with Gasteiger partial charge in [0, 0.05) is 4.83 Å². The Kier molecular flexibility index (Phi) is 5.33. The highest BCUT2D eigenvalue weighted by Crippen LogP contribution is 2.03. The zero-order valence-electron chi connectivity index (χ0n) is 4.20. The highest BCUT2D eigenvalue weighted by atomic mass is 79.9. The van der Waals surface area contributed by atoms with Crippen LogP contribution in [0.5, 0.6) is 0 Å². The summed E-state index contributed by atoms with van der Waals surface area (Å²) in [5.41, 5.74) is 0. The number of hydrogen-bond donors (Lipinski definition) is 0. The van der Waals surface area contributed by atoms with Gasteiger partial charge < -0.3 is 0 Å². The molecule has 0 N–H and O–H groups in total. The van der Waals surface area contributed by atoms with Crippen LogP contribution in [0.15, 0.2) is 11.1 Å². The first-order valence-electron chi connectivity index (χ1n) is 2.16. The summed E-state index contributed by atoms with van der Waals surface area (Å²) in [7, 11) is 0. The van der Waals surface area contributed by atoms with Gasteiger partial charge in [0.25, 0.3) is 0 Å². The number of halogens is 2. The lowest BCUT2D eigenvalue weighted by Gasteiger charge is -1.91. The Bertz CT molecular complexity index is 57.1. The van der Waals surface area contributed by atoms with Crippen molar-refractivity contribution in [2.24, 2.45) is 0 Å². The van der Waals surface area contributed by atoms with Crippen LogP contribution >= 0.6 is 31.9 Å². The Morgan fingerprint density at radius 2 is 2.29 bits per heavy atom. The van der Waals surface area contributed by atoms with Crippen LogP contribution < -0.4 is 0 Å². The molecule has 0 nitrogen and oxygen atoms in total. The Morgan fingerprint density at radius 3 is 2.43 bits per heavy atom. The van der Waals surface area contributed by atoms with Crippen molar-refractivity contribution in [3.63, 3.8) is 0 Å². The SMILES string of the molecule is CC(Br)C/C=C/Br. The van der Waals surface area contributed by atoms with Crippen LogP contribution in [-0.2, 0) is 0 Å². The average Bonchev–Trinajstić information content (AvgIpc) is 1.61. The van der Waals surface area contributed by atoms with Gasteiger partial charge in [0.15, 0.2) is 0 Å². The first-order valence-corrected chi connectivity index (χ1v) is 3.99. The average molecular weight is 228 g/mol. The van der Waals surface area contributed by atoms with Crippen LogP contribution in [0, 0.1) is 0 Å². The molecule has 7 heavy (non-hydrogen) atoms. The fourth-order valence-corrected chi connectivity index (χ4v) is 0.671. The summed E-state index contributed by atoms with van der Waals surface area (Å²) < 4.78 is 0. The Balaban J connectivity index is 2.97. The van der Waals surface area contributed by atoms with Crippen molar-refractivity contribution in [1.29, 1.82) is 0 Å². The molecule has 0 aliphatic heterocycles. The van der Waals surface area contributed by atoms with Gasteiger partial charge in [-0.2, -0.15) is 0 Å². The van der Waals surface area contributed by atoms with Crippen molar-refractivity contribution in [2.45, 2.75) is 18.2 Å². The Morgan fingerprint density at radius 1 is 1.71 bits per heavy atom. The third-order valence-corrected chi connectivity index (χ3v) is 1.30. The van der Waals surface area contributed by atoms with E-state index in [0.717, 1.165) is 6.42 Å². The predicted molar refractivity (Wildman–Crippen MR) is 41.1 cm³/mol. The van der Waals surface area contributed by atoms with E-state index in [1.54, 1.807) is 0 Å². The van der Waals surface area contributed by atoms with E-state index >= 15 is 0 Å². The highest BCUT2D eigenvalue weighted by Gasteiger charge is 1.86. The fourth-order valence-electron chi connectivity index (χ4n) is 0.239. The molecule has 0 heterocycles. The van der Waals surface area contributed by atoms with Gasteiger partial charge in [-0.05, 0) is 11.4 Å². The summed E-state index contributed by atoms with van der Waals surface area (Å²) in [5.74, 6) is 0. The monoisotopic (exact) mass is 226 g/mol. The van der Waals surface area contributed by atoms with E-state index in [0.29, 0.717) is 4.83 Å². The number of allylic oxidation sites excluding steroid dienone is 1. The van der Waals surface area contributed by atoms with E-state index in [9.17, 15) is 0 Å². The Hall–Kier alpha value is 0.700. The lowest BCUT2D eigenvalue weighted by Crippen LogP contribution is -1.82. The number of hydrogen-bond acceptors (Lipinski definition) is 0. The third-order valence-electron chi connectivity index (χ3n) is 0.550. The van der Waals surface area contributed by atoms with Gasteiger partial charge in [-0.1, -0.05) is 44.9 Å². The molecule has 0 aromatic heterocycles. The van der Waals surface area contributed by atoms with Crippen molar-refractivity contribution in [2.75, 3.05) is 0 Å². The van der Waals surface area contributed by atoms with Gasteiger partial charge in [0.1, 0.15) is 0 Å². The Labute approximate surface area is 61.2 Å². The van der Waals surface area contributed by atoms with Crippen LogP contribution in [0.4, 0.5) is 0 Å². The summed E-state index contributed by atoms with van der Waals surface area (Å²) in [6.45, 7) is 2.12. The molecule has 0 aliphatic rings. The highest BCUT2D eigenvalue weighted by molar-refractivity contribution is 9.11. The minimum absolute atomic E-state index is 0.598. The maximum atomic E-state index is 3.40. The maximum Gasteiger partial charge on any atom is 0.0152 e. The van der Waals surface area contributed by atoms with Gasteiger partial charge >= 0.3 is 0 Å². The molecule has 0 radical (unpaired) electrons. The van der Waals surface area contributed by atoms with Crippen LogP contribution in [0.25, 0.3) is 0 Å². The van der Waals surface area contributed by atoms with E-state index in [4.69, 9.17) is 0 Å². The minimum Gasteiger partial charge on any atom is -0.0890 e. The largest absolute Gasteiger partial charge is 0.0890 e. The summed E-state index contributed by atoms with van der Waals surface area (Å²) >= 11 is 6.58. The fraction of sp³-hybridized carbons (Fsp3) is 0.600. The topological polar surface area (TPSA) is 0 Å². The van der Waals surface area contributed by atoms with Crippen molar-refractivity contribution in [1.82, 2.24) is 0 Å². The summed E-state index contributed by atoms with van der Waals surface area (Å²) in [4.78, 5) is 2.48. The van der Waals surface area contributed by atoms with E-state index < -0.39 is 0 Å². The van der Waals surface area contributed by atoms with Crippen molar-refractivity contribution in [3.05, 3.63) is 11.1 Å². The number of alkyl halides is 1. The van der Waals surface area contributed by atoms with E-state index in [1.807, 2.05) is 4.99 Å². The van der Waals surface area contributed by atoms with Crippen LogP contribution in [-0.4, -0.2) is 4.83 Å². The van der Waals surface area contributed by atoms with E-state index in [-0.39, 0.29) is 0 Å². The second kappa shape index (κ2) is 4.85. The third kappa shape index (κ3) is 6.70. The molecular weight excluding hydrogens is 220 g/mol. The molecule has 1 atom stereocenters. The van der Waals surface area contributed by atoms with E-state index in [1.165, 1.54) is 0 Å². The zero-order chi connectivity index (χ0) is 5.70. The van der Waals surface area contributed by atoms with Crippen molar-refractivity contribution in [3.8, 4) is 0 Å². The first kappa shape index (κ1) is 7.70. The quantitative estimate of drug-likeness (QED) is 0.637. The molecule has 0 aromatic rings. The molecule has 0 amide bonds. The number of rotatable bonds is 2. The van der Waals surface area contributed by atoms with Crippen molar-refractivity contribution >= 4 is 31.9 Å². The van der Waals surface area contributed by atoms with Gasteiger partial charge in [0.2, 0.25) is 0 Å². The summed E-state index contributed by atoms with van der Waals surface area (Å²) in [6.07, 6.45) is 3.16. The second-order valence-corrected chi connectivity index (χ2v) is 3.47. The molecule has 42 valence electrons. The summed E-state index contributed by atoms with van der Waals surface area (Å²) in [5, 5.41) is 0. The standard InChI is InChI=1S/C5H8Br2/c1-5(7)3-2-4-6/h2,4-5H,3H2,1H3/b4-2+. The first-order chi connectivity index (χ1) is 3.27. The molecule has 0 saturated heterocycles. The van der Waals surface area contributed by atoms with Crippen LogP contribution in [0.3, 0.4) is 0 Å². The minimum atomic E-state index is 0.598.